The van der Waals surface area contributed by atoms with E-state index in [1.54, 1.807) is 0 Å². The molecule has 0 bridgehead atoms. The van der Waals surface area contributed by atoms with Crippen molar-refractivity contribution in [3.8, 4) is 11.4 Å². The van der Waals surface area contributed by atoms with Gasteiger partial charge in [-0.15, -0.1) is 10.2 Å². The van der Waals surface area contributed by atoms with Gasteiger partial charge in [0.2, 0.25) is 5.91 Å². The van der Waals surface area contributed by atoms with Crippen LogP contribution < -0.4 is 5.32 Å². The van der Waals surface area contributed by atoms with Crippen molar-refractivity contribution in [2.45, 2.75) is 18.5 Å². The maximum Gasteiger partial charge on any atom is 0.234 e. The van der Waals surface area contributed by atoms with Gasteiger partial charge in [-0.2, -0.15) is 0 Å². The van der Waals surface area contributed by atoms with Gasteiger partial charge in [-0.05, 0) is 48.4 Å². The van der Waals surface area contributed by atoms with E-state index in [1.807, 2.05) is 60.1 Å². The van der Waals surface area contributed by atoms with Crippen LogP contribution in [0.5, 0.6) is 0 Å². The van der Waals surface area contributed by atoms with Gasteiger partial charge in [-0.1, -0.05) is 42.4 Å². The molecular formula is C19H19ClN4OS. The molecule has 2 aromatic carbocycles. The first-order chi connectivity index (χ1) is 12.6. The highest BCUT2D eigenvalue weighted by Gasteiger charge is 2.13. The Morgan fingerprint density at radius 2 is 1.81 bits per heavy atom. The van der Waals surface area contributed by atoms with Crippen molar-refractivity contribution >= 4 is 35.0 Å². The van der Waals surface area contributed by atoms with E-state index in [-0.39, 0.29) is 11.7 Å². The molecule has 0 fully saturated rings. The topological polar surface area (TPSA) is 59.8 Å². The predicted molar refractivity (Wildman–Crippen MR) is 107 cm³/mol. The fourth-order valence-corrected chi connectivity index (χ4v) is 3.28. The van der Waals surface area contributed by atoms with Crippen LogP contribution in [-0.2, 0) is 18.3 Å². The van der Waals surface area contributed by atoms with Crippen LogP contribution in [-0.4, -0.2) is 26.4 Å². The van der Waals surface area contributed by atoms with E-state index < -0.39 is 0 Å². The number of rotatable bonds is 6. The molecule has 0 aliphatic heterocycles. The lowest BCUT2D eigenvalue weighted by Gasteiger charge is -2.06. The summed E-state index contributed by atoms with van der Waals surface area (Å²) in [4.78, 5) is 12.2. The monoisotopic (exact) mass is 386 g/mol. The van der Waals surface area contributed by atoms with E-state index >= 15 is 0 Å². The number of nitrogens with one attached hydrogen (secondary N) is 1. The van der Waals surface area contributed by atoms with E-state index in [9.17, 15) is 4.79 Å². The summed E-state index contributed by atoms with van der Waals surface area (Å²) in [6.07, 6.45) is 0.978. The molecule has 0 aliphatic carbocycles. The molecule has 0 saturated heterocycles. The number of anilines is 1. The summed E-state index contributed by atoms with van der Waals surface area (Å²) in [5.41, 5.74) is 2.97. The highest BCUT2D eigenvalue weighted by Crippen LogP contribution is 2.24. The van der Waals surface area contributed by atoms with Crippen LogP contribution in [0.1, 0.15) is 12.5 Å². The Balaban J connectivity index is 1.60. The third-order valence-corrected chi connectivity index (χ3v) is 5.19. The zero-order chi connectivity index (χ0) is 18.5. The molecule has 26 heavy (non-hydrogen) atoms. The molecule has 1 N–H and O–H groups in total. The van der Waals surface area contributed by atoms with Crippen molar-refractivity contribution in [2.24, 2.45) is 7.05 Å². The van der Waals surface area contributed by atoms with Crippen molar-refractivity contribution in [1.82, 2.24) is 14.8 Å². The number of halogens is 1. The molecule has 5 nitrogen and oxygen atoms in total. The smallest absolute Gasteiger partial charge is 0.234 e. The zero-order valence-electron chi connectivity index (χ0n) is 14.6. The van der Waals surface area contributed by atoms with Gasteiger partial charge < -0.3 is 9.88 Å². The second-order valence-electron chi connectivity index (χ2n) is 5.76. The van der Waals surface area contributed by atoms with Crippen LogP contribution in [0.15, 0.2) is 53.7 Å². The number of aromatic nitrogens is 3. The summed E-state index contributed by atoms with van der Waals surface area (Å²) in [7, 11) is 1.88. The SMILES string of the molecule is CCc1ccc(NC(=O)CSc2nnc(-c3ccc(Cl)cc3)n2C)cc1. The van der Waals surface area contributed by atoms with Crippen LogP contribution in [0, 0.1) is 0 Å². The lowest BCUT2D eigenvalue weighted by Crippen LogP contribution is -2.14. The molecule has 0 saturated carbocycles. The summed E-state index contributed by atoms with van der Waals surface area (Å²) in [5.74, 6) is 0.928. The van der Waals surface area contributed by atoms with Crippen molar-refractivity contribution in [3.05, 3.63) is 59.1 Å². The fraction of sp³-hybridized carbons (Fsp3) is 0.211. The average Bonchev–Trinajstić information content (AvgIpc) is 3.02. The Labute approximate surface area is 161 Å². The number of aryl methyl sites for hydroxylation is 1. The van der Waals surface area contributed by atoms with Gasteiger partial charge in [0, 0.05) is 23.3 Å². The number of hydrogen-bond donors (Lipinski definition) is 1. The fourth-order valence-electron chi connectivity index (χ4n) is 2.44. The summed E-state index contributed by atoms with van der Waals surface area (Å²) >= 11 is 7.27. The first kappa shape index (κ1) is 18.5. The number of carbonyl (C=O) groups excluding carboxylic acids is 1. The maximum absolute atomic E-state index is 12.2. The van der Waals surface area contributed by atoms with Crippen molar-refractivity contribution in [2.75, 3.05) is 11.1 Å². The first-order valence-corrected chi connectivity index (χ1v) is 9.60. The third kappa shape index (κ3) is 4.45. The third-order valence-electron chi connectivity index (χ3n) is 3.92. The van der Waals surface area contributed by atoms with Crippen molar-refractivity contribution in [3.63, 3.8) is 0 Å². The molecule has 134 valence electrons. The molecule has 7 heteroatoms. The molecule has 0 aliphatic rings. The van der Waals surface area contributed by atoms with Gasteiger partial charge in [0.1, 0.15) is 0 Å². The Morgan fingerprint density at radius 1 is 1.12 bits per heavy atom. The van der Waals surface area contributed by atoms with Crippen LogP contribution in [0.25, 0.3) is 11.4 Å². The number of hydrogen-bond acceptors (Lipinski definition) is 4. The zero-order valence-corrected chi connectivity index (χ0v) is 16.1. The molecule has 0 unspecified atom stereocenters. The Bertz CT molecular complexity index is 891. The van der Waals surface area contributed by atoms with Gasteiger partial charge in [0.25, 0.3) is 0 Å². The highest BCUT2D eigenvalue weighted by molar-refractivity contribution is 7.99. The van der Waals surface area contributed by atoms with Crippen molar-refractivity contribution in [1.29, 1.82) is 0 Å². The summed E-state index contributed by atoms with van der Waals surface area (Å²) in [5, 5.41) is 12.7. The lowest BCUT2D eigenvalue weighted by molar-refractivity contribution is -0.113. The van der Waals surface area contributed by atoms with Crippen molar-refractivity contribution < 1.29 is 4.79 Å². The number of thioether (sulfide) groups is 1. The number of carbonyl (C=O) groups is 1. The molecule has 0 spiro atoms. The molecule has 3 aromatic rings. The van der Waals surface area contributed by atoms with Crippen LogP contribution in [0.3, 0.4) is 0 Å². The summed E-state index contributed by atoms with van der Waals surface area (Å²) < 4.78 is 1.87. The average molecular weight is 387 g/mol. The van der Waals surface area contributed by atoms with E-state index in [2.05, 4.69) is 22.4 Å². The van der Waals surface area contributed by atoms with E-state index in [0.717, 1.165) is 23.5 Å². The van der Waals surface area contributed by atoms with Crippen LogP contribution in [0.4, 0.5) is 5.69 Å². The molecule has 3 rings (SSSR count). The second kappa shape index (κ2) is 8.38. The van der Waals surface area contributed by atoms with Crippen LogP contribution >= 0.6 is 23.4 Å². The molecule has 1 heterocycles. The number of benzene rings is 2. The largest absolute Gasteiger partial charge is 0.325 e. The Morgan fingerprint density at radius 3 is 2.46 bits per heavy atom. The summed E-state index contributed by atoms with van der Waals surface area (Å²) in [6.45, 7) is 2.10. The van der Waals surface area contributed by atoms with Gasteiger partial charge >= 0.3 is 0 Å². The second-order valence-corrected chi connectivity index (χ2v) is 7.14. The molecule has 1 amide bonds. The molecule has 0 radical (unpaired) electrons. The van der Waals surface area contributed by atoms with E-state index in [0.29, 0.717) is 10.2 Å². The van der Waals surface area contributed by atoms with Gasteiger partial charge in [-0.3, -0.25) is 4.79 Å². The quantitative estimate of drug-likeness (QED) is 0.636. The molecular weight excluding hydrogens is 368 g/mol. The Kier molecular flexibility index (Phi) is 5.96. The standard InChI is InChI=1S/C19H19ClN4OS/c1-3-13-4-10-16(11-5-13)21-17(25)12-26-19-23-22-18(24(19)2)14-6-8-15(20)9-7-14/h4-11H,3,12H2,1-2H3,(H,21,25). The van der Waals surface area contributed by atoms with Gasteiger partial charge in [0.15, 0.2) is 11.0 Å². The minimum Gasteiger partial charge on any atom is -0.325 e. The Hall–Kier alpha value is -2.31. The van der Waals surface area contributed by atoms with Crippen LogP contribution in [0.2, 0.25) is 5.02 Å². The number of nitrogens with zero attached hydrogens (tertiary/aromatic N) is 3. The van der Waals surface area contributed by atoms with E-state index in [1.165, 1.54) is 17.3 Å². The summed E-state index contributed by atoms with van der Waals surface area (Å²) in [6, 6.07) is 15.3. The predicted octanol–water partition coefficient (Wildman–Crippen LogP) is 4.43. The minimum absolute atomic E-state index is 0.0738. The normalized spacial score (nSPS) is 10.7. The lowest BCUT2D eigenvalue weighted by atomic mass is 10.1. The minimum atomic E-state index is -0.0738. The molecule has 0 atom stereocenters. The van der Waals surface area contributed by atoms with Gasteiger partial charge in [-0.25, -0.2) is 0 Å². The first-order valence-electron chi connectivity index (χ1n) is 8.23. The van der Waals surface area contributed by atoms with E-state index in [4.69, 9.17) is 11.6 Å². The molecule has 1 aromatic heterocycles. The number of amides is 1. The van der Waals surface area contributed by atoms with Gasteiger partial charge in [0.05, 0.1) is 5.75 Å². The highest BCUT2D eigenvalue weighted by atomic mass is 35.5. The maximum atomic E-state index is 12.2.